The van der Waals surface area contributed by atoms with E-state index in [1.54, 1.807) is 18.2 Å². The van der Waals surface area contributed by atoms with Crippen LogP contribution in [0.15, 0.2) is 76.7 Å². The number of rotatable bonds is 3. The van der Waals surface area contributed by atoms with Crippen LogP contribution in [0.2, 0.25) is 0 Å². The first-order chi connectivity index (χ1) is 10.1. The number of nitrogen functional groups attached to an aromatic ring is 1. The lowest BCUT2D eigenvalue weighted by molar-refractivity contribution is 0.596. The van der Waals surface area contributed by atoms with Crippen LogP contribution in [0.25, 0.3) is 5.69 Å². The number of hydrogen-bond acceptors (Lipinski definition) is 4. The number of hydrogen-bond donors (Lipinski definition) is 1. The van der Waals surface area contributed by atoms with E-state index in [0.29, 0.717) is 5.69 Å². The lowest BCUT2D eigenvalue weighted by atomic mass is 10.3. The Morgan fingerprint density at radius 2 is 1.48 bits per heavy atom. The number of anilines is 1. The molecule has 21 heavy (non-hydrogen) atoms. The minimum atomic E-state index is -3.67. The molecular formula is C15H13N3O2S. The average Bonchev–Trinajstić information content (AvgIpc) is 2.91. The Kier molecular flexibility index (Phi) is 3.23. The summed E-state index contributed by atoms with van der Waals surface area (Å²) in [6.07, 6.45) is 1.28. The molecule has 0 atom stereocenters. The van der Waals surface area contributed by atoms with Crippen molar-refractivity contribution >= 4 is 15.7 Å². The quantitative estimate of drug-likeness (QED) is 0.805. The fourth-order valence-electron chi connectivity index (χ4n) is 2.05. The van der Waals surface area contributed by atoms with Crippen LogP contribution in [-0.2, 0) is 9.84 Å². The molecule has 2 N–H and O–H groups in total. The largest absolute Gasteiger partial charge is 0.382 e. The summed E-state index contributed by atoms with van der Waals surface area (Å²) in [5.74, 6) is 0.102. The van der Waals surface area contributed by atoms with E-state index in [-0.39, 0.29) is 15.6 Å². The Morgan fingerprint density at radius 3 is 2.10 bits per heavy atom. The second kappa shape index (κ2) is 5.06. The lowest BCUT2D eigenvalue weighted by Crippen LogP contribution is -2.07. The molecule has 0 saturated carbocycles. The topological polar surface area (TPSA) is 78.0 Å². The van der Waals surface area contributed by atoms with Crippen molar-refractivity contribution in [2.24, 2.45) is 0 Å². The van der Waals surface area contributed by atoms with Gasteiger partial charge in [0.2, 0.25) is 9.84 Å². The highest BCUT2D eigenvalue weighted by atomic mass is 32.2. The van der Waals surface area contributed by atoms with E-state index >= 15 is 0 Å². The second-order valence-corrected chi connectivity index (χ2v) is 6.38. The molecule has 0 unspecified atom stereocenters. The summed E-state index contributed by atoms with van der Waals surface area (Å²) in [7, 11) is -3.67. The Balaban J connectivity index is 2.12. The standard InChI is InChI=1S/C15H13N3O2S/c16-15-14(21(19,20)13-9-5-2-6-10-13)11-17-18(15)12-7-3-1-4-8-12/h1-11H,16H2. The Labute approximate surface area is 122 Å². The SMILES string of the molecule is Nc1c(S(=O)(=O)c2ccccc2)cnn1-c1ccccc1. The van der Waals surface area contributed by atoms with Crippen molar-refractivity contribution in [2.75, 3.05) is 5.73 Å². The van der Waals surface area contributed by atoms with Gasteiger partial charge >= 0.3 is 0 Å². The van der Waals surface area contributed by atoms with Gasteiger partial charge in [-0.1, -0.05) is 36.4 Å². The van der Waals surface area contributed by atoms with Crippen LogP contribution >= 0.6 is 0 Å². The van der Waals surface area contributed by atoms with E-state index in [9.17, 15) is 8.42 Å². The van der Waals surface area contributed by atoms with Gasteiger partial charge in [-0.05, 0) is 24.3 Å². The van der Waals surface area contributed by atoms with Crippen molar-refractivity contribution in [3.8, 4) is 5.69 Å². The number of nitrogens with two attached hydrogens (primary N) is 1. The maximum atomic E-state index is 12.6. The van der Waals surface area contributed by atoms with Gasteiger partial charge in [0.15, 0.2) is 0 Å². The zero-order chi connectivity index (χ0) is 14.9. The van der Waals surface area contributed by atoms with E-state index < -0.39 is 9.84 Å². The van der Waals surface area contributed by atoms with E-state index in [1.807, 2.05) is 30.3 Å². The maximum absolute atomic E-state index is 12.6. The van der Waals surface area contributed by atoms with Gasteiger partial charge in [-0.2, -0.15) is 5.10 Å². The molecule has 0 aliphatic heterocycles. The summed E-state index contributed by atoms with van der Waals surface area (Å²) in [5, 5.41) is 4.09. The van der Waals surface area contributed by atoms with E-state index in [2.05, 4.69) is 5.10 Å². The third-order valence-electron chi connectivity index (χ3n) is 3.11. The lowest BCUT2D eigenvalue weighted by Gasteiger charge is -2.06. The highest BCUT2D eigenvalue weighted by Gasteiger charge is 2.24. The maximum Gasteiger partial charge on any atom is 0.211 e. The number of para-hydroxylation sites is 1. The summed E-state index contributed by atoms with van der Waals surface area (Å²) in [6.45, 7) is 0. The molecule has 2 aromatic carbocycles. The molecule has 0 aliphatic rings. The summed E-state index contributed by atoms with van der Waals surface area (Å²) in [4.78, 5) is 0.210. The van der Waals surface area contributed by atoms with E-state index in [4.69, 9.17) is 5.73 Å². The Morgan fingerprint density at radius 1 is 0.905 bits per heavy atom. The summed E-state index contributed by atoms with van der Waals surface area (Å²) in [5.41, 5.74) is 6.69. The van der Waals surface area contributed by atoms with Crippen molar-refractivity contribution in [1.29, 1.82) is 0 Å². The normalized spacial score (nSPS) is 11.4. The Bertz CT molecular complexity index is 856. The molecule has 0 amide bonds. The molecule has 1 heterocycles. The molecule has 5 nitrogen and oxygen atoms in total. The molecule has 0 saturated heterocycles. The molecule has 3 aromatic rings. The summed E-state index contributed by atoms with van der Waals surface area (Å²) in [6, 6.07) is 17.3. The van der Waals surface area contributed by atoms with Gasteiger partial charge in [0, 0.05) is 0 Å². The predicted molar refractivity (Wildman–Crippen MR) is 79.9 cm³/mol. The van der Waals surface area contributed by atoms with Crippen LogP contribution in [-0.4, -0.2) is 18.2 Å². The van der Waals surface area contributed by atoms with Crippen LogP contribution < -0.4 is 5.73 Å². The molecule has 0 radical (unpaired) electrons. The second-order valence-electron chi connectivity index (χ2n) is 4.46. The van der Waals surface area contributed by atoms with Crippen molar-refractivity contribution in [3.05, 3.63) is 66.9 Å². The number of nitrogens with zero attached hydrogens (tertiary/aromatic N) is 2. The molecule has 0 bridgehead atoms. The van der Waals surface area contributed by atoms with Crippen LogP contribution in [0, 0.1) is 0 Å². The highest BCUT2D eigenvalue weighted by molar-refractivity contribution is 7.91. The number of sulfone groups is 1. The zero-order valence-corrected chi connectivity index (χ0v) is 11.9. The molecule has 3 rings (SSSR count). The summed E-state index contributed by atoms with van der Waals surface area (Å²) < 4.78 is 26.5. The van der Waals surface area contributed by atoms with Crippen molar-refractivity contribution in [1.82, 2.24) is 9.78 Å². The van der Waals surface area contributed by atoms with E-state index in [1.165, 1.54) is 23.0 Å². The number of aromatic nitrogens is 2. The van der Waals surface area contributed by atoms with Crippen molar-refractivity contribution in [2.45, 2.75) is 9.79 Å². The first kappa shape index (κ1) is 13.4. The number of benzene rings is 2. The molecule has 0 fully saturated rings. The summed E-state index contributed by atoms with van der Waals surface area (Å²) >= 11 is 0. The molecule has 106 valence electrons. The highest BCUT2D eigenvalue weighted by Crippen LogP contribution is 2.27. The van der Waals surface area contributed by atoms with Crippen molar-refractivity contribution < 1.29 is 8.42 Å². The van der Waals surface area contributed by atoms with Gasteiger partial charge in [-0.3, -0.25) is 0 Å². The smallest absolute Gasteiger partial charge is 0.211 e. The Hall–Kier alpha value is -2.60. The van der Waals surface area contributed by atoms with Gasteiger partial charge in [-0.25, -0.2) is 13.1 Å². The zero-order valence-electron chi connectivity index (χ0n) is 11.0. The van der Waals surface area contributed by atoms with Gasteiger partial charge in [0.1, 0.15) is 10.7 Å². The molecule has 0 aliphatic carbocycles. The fraction of sp³-hybridized carbons (Fsp3) is 0. The van der Waals surface area contributed by atoms with Crippen LogP contribution in [0.5, 0.6) is 0 Å². The van der Waals surface area contributed by atoms with E-state index in [0.717, 1.165) is 0 Å². The van der Waals surface area contributed by atoms with Gasteiger partial charge < -0.3 is 5.73 Å². The predicted octanol–water partition coefficient (Wildman–Crippen LogP) is 2.29. The van der Waals surface area contributed by atoms with Gasteiger partial charge in [-0.15, -0.1) is 0 Å². The first-order valence-electron chi connectivity index (χ1n) is 6.30. The molecular weight excluding hydrogens is 286 g/mol. The third-order valence-corrected chi connectivity index (χ3v) is 4.90. The first-order valence-corrected chi connectivity index (χ1v) is 7.78. The van der Waals surface area contributed by atoms with Crippen molar-refractivity contribution in [3.63, 3.8) is 0 Å². The average molecular weight is 299 g/mol. The van der Waals surface area contributed by atoms with Crippen LogP contribution in [0.4, 0.5) is 5.82 Å². The molecule has 0 spiro atoms. The molecule has 1 aromatic heterocycles. The minimum Gasteiger partial charge on any atom is -0.382 e. The monoisotopic (exact) mass is 299 g/mol. The van der Waals surface area contributed by atoms with Gasteiger partial charge in [0.25, 0.3) is 0 Å². The third kappa shape index (κ3) is 2.30. The van der Waals surface area contributed by atoms with Crippen LogP contribution in [0.1, 0.15) is 0 Å². The molecule has 6 heteroatoms. The van der Waals surface area contributed by atoms with Gasteiger partial charge in [0.05, 0.1) is 16.8 Å². The fourth-order valence-corrected chi connectivity index (χ4v) is 3.37. The van der Waals surface area contributed by atoms with Crippen LogP contribution in [0.3, 0.4) is 0 Å². The minimum absolute atomic E-state index is 0.0116.